The van der Waals surface area contributed by atoms with Crippen LogP contribution in [0.1, 0.15) is 16.2 Å². The first-order valence-corrected chi connectivity index (χ1v) is 9.22. The number of hydrogen-bond donors (Lipinski definition) is 1. The number of benzene rings is 2. The van der Waals surface area contributed by atoms with E-state index in [1.54, 1.807) is 24.3 Å². The van der Waals surface area contributed by atoms with Crippen molar-refractivity contribution in [2.24, 2.45) is 0 Å². The number of amides is 1. The molecule has 10 heteroatoms. The minimum absolute atomic E-state index is 0.0182. The fourth-order valence-corrected chi connectivity index (χ4v) is 2.93. The van der Waals surface area contributed by atoms with Crippen molar-refractivity contribution in [1.29, 1.82) is 0 Å². The average molecular weight is 428 g/mol. The molecule has 0 aliphatic rings. The van der Waals surface area contributed by atoms with E-state index in [0.29, 0.717) is 23.2 Å². The molecule has 3 aromatic rings. The zero-order valence-electron chi connectivity index (χ0n) is 14.2. The molecule has 0 aliphatic carbocycles. The van der Waals surface area contributed by atoms with E-state index >= 15 is 0 Å². The van der Waals surface area contributed by atoms with Gasteiger partial charge in [-0.15, -0.1) is 0 Å². The molecule has 1 heterocycles. The highest BCUT2D eigenvalue weighted by molar-refractivity contribution is 8.00. The second-order valence-electron chi connectivity index (χ2n) is 5.60. The molecule has 0 radical (unpaired) electrons. The fraction of sp³-hybridized carbons (Fsp3) is 0.167. The van der Waals surface area contributed by atoms with Crippen LogP contribution in [0.4, 0.5) is 13.2 Å². The predicted molar refractivity (Wildman–Crippen MR) is 99.1 cm³/mol. The predicted octanol–water partition coefficient (Wildman–Crippen LogP) is 4.97. The summed E-state index contributed by atoms with van der Waals surface area (Å²) in [5.41, 5.74) is -3.35. The van der Waals surface area contributed by atoms with E-state index in [4.69, 9.17) is 16.1 Å². The average Bonchev–Trinajstić information content (AvgIpc) is 3.10. The van der Waals surface area contributed by atoms with Crippen LogP contribution in [0.5, 0.6) is 0 Å². The standard InChI is InChI=1S/C18H13ClF3N3O2S/c19-13-5-1-11(2-6-13)16-24-15(27-25-16)9-10-23-17(26)12-3-7-14(8-4-12)28-18(20,21)22/h1-8H,9-10H2,(H,23,26). The molecule has 1 amide bonds. The molecule has 3 rings (SSSR count). The van der Waals surface area contributed by atoms with Crippen LogP contribution in [-0.4, -0.2) is 28.1 Å². The highest BCUT2D eigenvalue weighted by Gasteiger charge is 2.29. The molecule has 0 saturated heterocycles. The zero-order valence-corrected chi connectivity index (χ0v) is 15.7. The first kappa shape index (κ1) is 20.2. The quantitative estimate of drug-likeness (QED) is 0.562. The van der Waals surface area contributed by atoms with Crippen LogP contribution in [0.15, 0.2) is 57.9 Å². The molecular weight excluding hydrogens is 415 g/mol. The SMILES string of the molecule is O=C(NCCc1nc(-c2ccc(Cl)cc2)no1)c1ccc(SC(F)(F)F)cc1. The van der Waals surface area contributed by atoms with Crippen molar-refractivity contribution in [3.8, 4) is 11.4 Å². The van der Waals surface area contributed by atoms with Gasteiger partial charge in [0.05, 0.1) is 0 Å². The molecule has 0 fully saturated rings. The zero-order chi connectivity index (χ0) is 20.1. The molecule has 0 spiro atoms. The number of nitrogens with one attached hydrogen (secondary N) is 1. The molecule has 0 aliphatic heterocycles. The van der Waals surface area contributed by atoms with Gasteiger partial charge >= 0.3 is 5.51 Å². The Morgan fingerprint density at radius 2 is 1.79 bits per heavy atom. The first-order chi connectivity index (χ1) is 13.3. The summed E-state index contributed by atoms with van der Waals surface area (Å²) in [5, 5.41) is 7.13. The van der Waals surface area contributed by atoms with E-state index in [0.717, 1.165) is 5.56 Å². The summed E-state index contributed by atoms with van der Waals surface area (Å²) in [5.74, 6) is 0.360. The lowest BCUT2D eigenvalue weighted by Gasteiger charge is -2.07. The number of alkyl halides is 3. The summed E-state index contributed by atoms with van der Waals surface area (Å²) in [4.78, 5) is 16.3. The second kappa shape index (κ2) is 8.66. The van der Waals surface area contributed by atoms with Gasteiger partial charge in [0.1, 0.15) is 0 Å². The van der Waals surface area contributed by atoms with Crippen LogP contribution in [0.3, 0.4) is 0 Å². The van der Waals surface area contributed by atoms with Gasteiger partial charge in [-0.1, -0.05) is 16.8 Å². The Kier molecular flexibility index (Phi) is 6.25. The number of aromatic nitrogens is 2. The third-order valence-corrected chi connectivity index (χ3v) is 4.54. The van der Waals surface area contributed by atoms with Gasteiger partial charge in [-0.3, -0.25) is 4.79 Å². The largest absolute Gasteiger partial charge is 0.446 e. The van der Waals surface area contributed by atoms with Crippen molar-refractivity contribution < 1.29 is 22.5 Å². The number of nitrogens with zero attached hydrogens (tertiary/aromatic N) is 2. The summed E-state index contributed by atoms with van der Waals surface area (Å²) in [6, 6.07) is 12.1. The summed E-state index contributed by atoms with van der Waals surface area (Å²) < 4.78 is 42.1. The molecule has 146 valence electrons. The van der Waals surface area contributed by atoms with Crippen molar-refractivity contribution in [2.45, 2.75) is 16.8 Å². The summed E-state index contributed by atoms with van der Waals surface area (Å²) in [6.07, 6.45) is 0.314. The van der Waals surface area contributed by atoms with Crippen molar-refractivity contribution in [1.82, 2.24) is 15.5 Å². The molecule has 5 nitrogen and oxygen atoms in total. The maximum Gasteiger partial charge on any atom is 0.446 e. The number of halogens is 4. The van der Waals surface area contributed by atoms with E-state index in [-0.39, 0.29) is 28.8 Å². The molecular formula is C18H13ClF3N3O2S. The maximum absolute atomic E-state index is 12.3. The van der Waals surface area contributed by atoms with E-state index in [1.165, 1.54) is 24.3 Å². The molecule has 1 N–H and O–H groups in total. The van der Waals surface area contributed by atoms with Gasteiger partial charge in [-0.2, -0.15) is 18.2 Å². The van der Waals surface area contributed by atoms with Gasteiger partial charge in [-0.25, -0.2) is 0 Å². The summed E-state index contributed by atoms with van der Waals surface area (Å²) >= 11 is 5.61. The van der Waals surface area contributed by atoms with E-state index in [1.807, 2.05) is 0 Å². The topological polar surface area (TPSA) is 68.0 Å². The first-order valence-electron chi connectivity index (χ1n) is 8.03. The highest BCUT2D eigenvalue weighted by Crippen LogP contribution is 2.36. The molecule has 0 bridgehead atoms. The van der Waals surface area contributed by atoms with Crippen molar-refractivity contribution in [3.05, 3.63) is 65.0 Å². The van der Waals surface area contributed by atoms with Gasteiger partial charge in [0.2, 0.25) is 11.7 Å². The van der Waals surface area contributed by atoms with E-state index < -0.39 is 11.4 Å². The Morgan fingerprint density at radius 3 is 2.43 bits per heavy atom. The number of carbonyl (C=O) groups is 1. The summed E-state index contributed by atoms with van der Waals surface area (Å²) in [6.45, 7) is 0.236. The summed E-state index contributed by atoms with van der Waals surface area (Å²) in [7, 11) is 0. The number of hydrogen-bond acceptors (Lipinski definition) is 5. The smallest absolute Gasteiger partial charge is 0.352 e. The van der Waals surface area contributed by atoms with Crippen LogP contribution >= 0.6 is 23.4 Å². The van der Waals surface area contributed by atoms with Crippen molar-refractivity contribution in [3.63, 3.8) is 0 Å². The van der Waals surface area contributed by atoms with Crippen LogP contribution < -0.4 is 5.32 Å². The van der Waals surface area contributed by atoms with Gasteiger partial charge in [-0.05, 0) is 60.3 Å². The van der Waals surface area contributed by atoms with Crippen LogP contribution in [0.2, 0.25) is 5.02 Å². The maximum atomic E-state index is 12.3. The number of rotatable bonds is 6. The third kappa shape index (κ3) is 5.74. The Balaban J connectivity index is 1.51. The van der Waals surface area contributed by atoms with Crippen LogP contribution in [-0.2, 0) is 6.42 Å². The van der Waals surface area contributed by atoms with Gasteiger partial charge in [0, 0.05) is 34.0 Å². The molecule has 1 aromatic heterocycles. The van der Waals surface area contributed by atoms with Crippen molar-refractivity contribution >= 4 is 29.3 Å². The minimum Gasteiger partial charge on any atom is -0.352 e. The Hall–Kier alpha value is -2.52. The van der Waals surface area contributed by atoms with Gasteiger partial charge < -0.3 is 9.84 Å². The Labute approximate surface area is 167 Å². The van der Waals surface area contributed by atoms with Gasteiger partial charge in [0.15, 0.2) is 0 Å². The third-order valence-electron chi connectivity index (χ3n) is 3.55. The Morgan fingerprint density at radius 1 is 1.11 bits per heavy atom. The molecule has 0 atom stereocenters. The fourth-order valence-electron chi connectivity index (χ4n) is 2.27. The lowest BCUT2D eigenvalue weighted by atomic mass is 10.2. The highest BCUT2D eigenvalue weighted by atomic mass is 35.5. The number of thioether (sulfide) groups is 1. The lowest BCUT2D eigenvalue weighted by Crippen LogP contribution is -2.25. The van der Waals surface area contributed by atoms with Crippen molar-refractivity contribution in [2.75, 3.05) is 6.54 Å². The molecule has 0 unspecified atom stereocenters. The van der Waals surface area contributed by atoms with E-state index in [2.05, 4.69) is 15.5 Å². The molecule has 0 saturated carbocycles. The molecule has 28 heavy (non-hydrogen) atoms. The van der Waals surface area contributed by atoms with Crippen LogP contribution in [0.25, 0.3) is 11.4 Å². The number of carbonyl (C=O) groups excluding carboxylic acids is 1. The monoisotopic (exact) mass is 427 g/mol. The lowest BCUT2D eigenvalue weighted by molar-refractivity contribution is -0.0328. The van der Waals surface area contributed by atoms with Gasteiger partial charge in [0.25, 0.3) is 5.91 Å². The normalized spacial score (nSPS) is 11.4. The van der Waals surface area contributed by atoms with E-state index in [9.17, 15) is 18.0 Å². The minimum atomic E-state index is -4.36. The second-order valence-corrected chi connectivity index (χ2v) is 7.17. The Bertz CT molecular complexity index is 944. The van der Waals surface area contributed by atoms with Crippen LogP contribution in [0, 0.1) is 0 Å². The molecule has 2 aromatic carbocycles.